The predicted molar refractivity (Wildman–Crippen MR) is 91.4 cm³/mol. The highest BCUT2D eigenvalue weighted by atomic mass is 32.1. The molecule has 0 atom stereocenters. The van der Waals surface area contributed by atoms with Crippen LogP contribution in [0.3, 0.4) is 0 Å². The lowest BCUT2D eigenvalue weighted by molar-refractivity contribution is -0.125. The number of rotatable bonds is 7. The van der Waals surface area contributed by atoms with E-state index in [4.69, 9.17) is 9.47 Å². The van der Waals surface area contributed by atoms with Crippen molar-refractivity contribution in [3.05, 3.63) is 18.2 Å². The molecule has 1 fully saturated rings. The van der Waals surface area contributed by atoms with Crippen LogP contribution in [0.5, 0.6) is 5.75 Å². The van der Waals surface area contributed by atoms with Gasteiger partial charge in [-0.05, 0) is 24.6 Å². The molecule has 23 heavy (non-hydrogen) atoms. The van der Waals surface area contributed by atoms with Crippen LogP contribution in [0.1, 0.15) is 6.42 Å². The van der Waals surface area contributed by atoms with E-state index >= 15 is 0 Å². The molecular weight excluding hydrogens is 314 g/mol. The second kappa shape index (κ2) is 7.14. The number of methoxy groups -OCH3 is 2. The summed E-state index contributed by atoms with van der Waals surface area (Å²) in [7, 11) is 3.33. The number of anilines is 1. The van der Waals surface area contributed by atoms with E-state index in [-0.39, 0.29) is 11.8 Å². The lowest BCUT2D eigenvalue weighted by Crippen LogP contribution is -2.53. The molecule has 0 radical (unpaired) electrons. The Morgan fingerprint density at radius 3 is 3.00 bits per heavy atom. The molecule has 3 rings (SSSR count). The average Bonchev–Trinajstić information content (AvgIpc) is 2.92. The molecule has 0 aliphatic carbocycles. The number of benzene rings is 1. The van der Waals surface area contributed by atoms with Crippen molar-refractivity contribution in [3.63, 3.8) is 0 Å². The van der Waals surface area contributed by atoms with Crippen LogP contribution in [0.15, 0.2) is 18.2 Å². The number of thiazole rings is 1. The van der Waals surface area contributed by atoms with Gasteiger partial charge in [-0.25, -0.2) is 4.98 Å². The number of aromatic nitrogens is 1. The zero-order chi connectivity index (χ0) is 16.2. The first-order valence-electron chi connectivity index (χ1n) is 7.67. The van der Waals surface area contributed by atoms with Crippen molar-refractivity contribution in [3.8, 4) is 5.75 Å². The minimum Gasteiger partial charge on any atom is -0.497 e. The summed E-state index contributed by atoms with van der Waals surface area (Å²) < 4.78 is 11.3. The van der Waals surface area contributed by atoms with Crippen molar-refractivity contribution in [2.75, 3.05) is 45.4 Å². The quantitative estimate of drug-likeness (QED) is 0.783. The smallest absolute Gasteiger partial charge is 0.226 e. The fourth-order valence-corrected chi connectivity index (χ4v) is 3.54. The molecule has 2 heterocycles. The van der Waals surface area contributed by atoms with Crippen LogP contribution < -0.4 is 15.0 Å². The van der Waals surface area contributed by atoms with Gasteiger partial charge >= 0.3 is 0 Å². The topological polar surface area (TPSA) is 63.7 Å². The van der Waals surface area contributed by atoms with E-state index in [9.17, 15) is 4.79 Å². The number of carbonyl (C=O) groups excluding carboxylic acids is 1. The van der Waals surface area contributed by atoms with Crippen molar-refractivity contribution >= 4 is 32.6 Å². The highest BCUT2D eigenvalue weighted by molar-refractivity contribution is 7.22. The zero-order valence-corrected chi connectivity index (χ0v) is 14.2. The second-order valence-corrected chi connectivity index (χ2v) is 6.58. The van der Waals surface area contributed by atoms with E-state index in [1.54, 1.807) is 25.6 Å². The fraction of sp³-hybridized carbons (Fsp3) is 0.500. The SMILES string of the molecule is COCCCNC(=O)C1CN(c2nc3ccc(OC)cc3s2)C1. The normalized spacial score (nSPS) is 14.8. The molecule has 1 aliphatic rings. The zero-order valence-electron chi connectivity index (χ0n) is 13.4. The van der Waals surface area contributed by atoms with Gasteiger partial charge in [0.15, 0.2) is 5.13 Å². The van der Waals surface area contributed by atoms with E-state index < -0.39 is 0 Å². The van der Waals surface area contributed by atoms with Crippen LogP contribution in [-0.2, 0) is 9.53 Å². The van der Waals surface area contributed by atoms with E-state index in [1.165, 1.54) is 0 Å². The van der Waals surface area contributed by atoms with E-state index in [0.717, 1.165) is 40.6 Å². The van der Waals surface area contributed by atoms with Crippen LogP contribution in [0, 0.1) is 5.92 Å². The summed E-state index contributed by atoms with van der Waals surface area (Å²) in [6.07, 6.45) is 0.846. The standard InChI is InChI=1S/C16H21N3O3S/c1-21-7-3-6-17-15(20)11-9-19(10-11)16-18-13-5-4-12(22-2)8-14(13)23-16/h4-5,8,11H,3,6-7,9-10H2,1-2H3,(H,17,20). The third kappa shape index (κ3) is 3.56. The van der Waals surface area contributed by atoms with Crippen LogP contribution >= 0.6 is 11.3 Å². The van der Waals surface area contributed by atoms with Gasteiger partial charge in [-0.2, -0.15) is 0 Å². The molecule has 1 N–H and O–H groups in total. The Hall–Kier alpha value is -1.86. The number of nitrogens with zero attached hydrogens (tertiary/aromatic N) is 2. The van der Waals surface area contributed by atoms with Crippen LogP contribution in [0.4, 0.5) is 5.13 Å². The maximum Gasteiger partial charge on any atom is 0.226 e. The molecule has 0 saturated carbocycles. The Morgan fingerprint density at radius 2 is 2.26 bits per heavy atom. The minimum absolute atomic E-state index is 0.0547. The van der Waals surface area contributed by atoms with Gasteiger partial charge in [-0.3, -0.25) is 4.79 Å². The molecule has 0 bridgehead atoms. The minimum atomic E-state index is 0.0547. The van der Waals surface area contributed by atoms with Crippen molar-refractivity contribution in [2.24, 2.45) is 5.92 Å². The number of fused-ring (bicyclic) bond motifs is 1. The summed E-state index contributed by atoms with van der Waals surface area (Å²) in [5, 5.41) is 3.92. The molecule has 0 unspecified atom stereocenters. The van der Waals surface area contributed by atoms with Crippen LogP contribution in [0.25, 0.3) is 10.2 Å². The lowest BCUT2D eigenvalue weighted by atomic mass is 10.00. The highest BCUT2D eigenvalue weighted by Gasteiger charge is 2.34. The van der Waals surface area contributed by atoms with Gasteiger partial charge in [0.1, 0.15) is 5.75 Å². The summed E-state index contributed by atoms with van der Waals surface area (Å²) >= 11 is 1.64. The van der Waals surface area contributed by atoms with Crippen molar-refractivity contribution < 1.29 is 14.3 Å². The van der Waals surface area contributed by atoms with Crippen LogP contribution in [-0.4, -0.2) is 51.4 Å². The Kier molecular flexibility index (Phi) is 4.97. The number of hydrogen-bond donors (Lipinski definition) is 1. The maximum absolute atomic E-state index is 12.0. The summed E-state index contributed by atoms with van der Waals surface area (Å²) in [5.41, 5.74) is 0.971. The van der Waals surface area contributed by atoms with Gasteiger partial charge in [-0.1, -0.05) is 11.3 Å². The summed E-state index contributed by atoms with van der Waals surface area (Å²) in [6.45, 7) is 2.80. The maximum atomic E-state index is 12.0. The van der Waals surface area contributed by atoms with Gasteiger partial charge < -0.3 is 19.7 Å². The molecule has 1 saturated heterocycles. The molecule has 6 nitrogen and oxygen atoms in total. The first-order valence-corrected chi connectivity index (χ1v) is 8.49. The molecule has 124 valence electrons. The molecule has 7 heteroatoms. The lowest BCUT2D eigenvalue weighted by Gasteiger charge is -2.37. The Balaban J connectivity index is 1.53. The van der Waals surface area contributed by atoms with E-state index in [0.29, 0.717) is 13.2 Å². The molecule has 1 amide bonds. The van der Waals surface area contributed by atoms with Gasteiger partial charge in [0.2, 0.25) is 5.91 Å². The van der Waals surface area contributed by atoms with E-state index in [2.05, 4.69) is 15.2 Å². The summed E-state index contributed by atoms with van der Waals surface area (Å²) in [4.78, 5) is 18.8. The number of ether oxygens (including phenoxy) is 2. The molecule has 1 aromatic carbocycles. The molecular formula is C16H21N3O3S. The third-order valence-corrected chi connectivity index (χ3v) is 5.01. The fourth-order valence-electron chi connectivity index (χ4n) is 2.53. The summed E-state index contributed by atoms with van der Waals surface area (Å²) in [6, 6.07) is 5.88. The number of amides is 1. The first-order chi connectivity index (χ1) is 11.2. The van der Waals surface area contributed by atoms with Gasteiger partial charge in [-0.15, -0.1) is 0 Å². The van der Waals surface area contributed by atoms with Gasteiger partial charge in [0.25, 0.3) is 0 Å². The third-order valence-electron chi connectivity index (χ3n) is 3.93. The Morgan fingerprint density at radius 1 is 1.43 bits per heavy atom. The summed E-state index contributed by atoms with van der Waals surface area (Å²) in [5.74, 6) is 1.02. The Labute approximate surface area is 139 Å². The van der Waals surface area contributed by atoms with Crippen molar-refractivity contribution in [2.45, 2.75) is 6.42 Å². The van der Waals surface area contributed by atoms with Crippen LogP contribution in [0.2, 0.25) is 0 Å². The largest absolute Gasteiger partial charge is 0.497 e. The first kappa shape index (κ1) is 16.0. The molecule has 1 aromatic heterocycles. The van der Waals surface area contributed by atoms with Gasteiger partial charge in [0, 0.05) is 33.4 Å². The number of nitrogens with one attached hydrogen (secondary N) is 1. The van der Waals surface area contributed by atoms with E-state index in [1.807, 2.05) is 18.2 Å². The predicted octanol–water partition coefficient (Wildman–Crippen LogP) is 1.89. The number of carbonyl (C=O) groups is 1. The average molecular weight is 335 g/mol. The molecule has 2 aromatic rings. The van der Waals surface area contributed by atoms with Crippen molar-refractivity contribution in [1.82, 2.24) is 10.3 Å². The molecule has 0 spiro atoms. The highest BCUT2D eigenvalue weighted by Crippen LogP contribution is 2.34. The molecule has 1 aliphatic heterocycles. The van der Waals surface area contributed by atoms with Crippen molar-refractivity contribution in [1.29, 1.82) is 0 Å². The monoisotopic (exact) mass is 335 g/mol. The number of hydrogen-bond acceptors (Lipinski definition) is 6. The Bertz CT molecular complexity index is 682. The van der Waals surface area contributed by atoms with Gasteiger partial charge in [0.05, 0.1) is 23.2 Å². The second-order valence-electron chi connectivity index (χ2n) is 5.57.